The maximum atomic E-state index is 14.6. The number of nitrogens with one attached hydrogen (secondary N) is 1. The lowest BCUT2D eigenvalue weighted by molar-refractivity contribution is -0.385. The van der Waals surface area contributed by atoms with E-state index in [1.54, 1.807) is 42.1 Å². The van der Waals surface area contributed by atoms with Crippen molar-refractivity contribution in [1.82, 2.24) is 4.90 Å². The standard InChI is InChI=1S/C27H18FN3O5S/c28-15-5-3-4-14(10-15)22-21-12-37-13-30(21)27(19-11-16(31(35)36)8-9-20(19)29-25(27)34)26(22)23(32)17-6-1-2-7-18(17)24(26)33/h1-11,21-22H,12-13H2,(H,29,34)/t21-,22-,27-/m0/s1. The summed E-state index contributed by atoms with van der Waals surface area (Å²) in [5.74, 6) is -2.17. The van der Waals surface area contributed by atoms with Crippen LogP contribution in [-0.2, 0) is 10.3 Å². The highest BCUT2D eigenvalue weighted by Crippen LogP contribution is 2.70. The summed E-state index contributed by atoms with van der Waals surface area (Å²) < 4.78 is 14.6. The quantitative estimate of drug-likeness (QED) is 0.311. The first-order valence-corrected chi connectivity index (χ1v) is 12.9. The van der Waals surface area contributed by atoms with Crippen molar-refractivity contribution in [2.75, 3.05) is 16.9 Å². The van der Waals surface area contributed by atoms with Crippen LogP contribution in [0.15, 0.2) is 66.7 Å². The Hall–Kier alpha value is -3.89. The Morgan fingerprint density at radius 1 is 1.00 bits per heavy atom. The highest BCUT2D eigenvalue weighted by molar-refractivity contribution is 7.99. The van der Waals surface area contributed by atoms with Gasteiger partial charge in [0.1, 0.15) is 11.2 Å². The molecule has 3 aromatic carbocycles. The van der Waals surface area contributed by atoms with E-state index in [0.717, 1.165) is 0 Å². The lowest BCUT2D eigenvalue weighted by Gasteiger charge is -2.42. The van der Waals surface area contributed by atoms with Gasteiger partial charge >= 0.3 is 0 Å². The van der Waals surface area contributed by atoms with Crippen molar-refractivity contribution in [3.05, 3.63) is 105 Å². The lowest BCUT2D eigenvalue weighted by atomic mass is 9.57. The maximum absolute atomic E-state index is 14.6. The first-order valence-electron chi connectivity index (χ1n) is 11.7. The number of nitrogens with zero attached hydrogens (tertiary/aromatic N) is 2. The Bertz CT molecular complexity index is 1560. The number of nitro groups is 1. The molecule has 0 bridgehead atoms. The summed E-state index contributed by atoms with van der Waals surface area (Å²) in [7, 11) is 0. The first-order chi connectivity index (χ1) is 17.8. The summed E-state index contributed by atoms with van der Waals surface area (Å²) in [6.07, 6.45) is 0. The zero-order valence-corrected chi connectivity index (χ0v) is 20.0. The molecular formula is C27H18FN3O5S. The van der Waals surface area contributed by atoms with Gasteiger partial charge in [-0.1, -0.05) is 36.4 Å². The van der Waals surface area contributed by atoms with Crippen LogP contribution in [0, 0.1) is 21.3 Å². The van der Waals surface area contributed by atoms with Crippen molar-refractivity contribution in [2.45, 2.75) is 17.5 Å². The fourth-order valence-corrected chi connectivity index (χ4v) is 8.38. The zero-order chi connectivity index (χ0) is 25.7. The van der Waals surface area contributed by atoms with Crippen molar-refractivity contribution in [3.63, 3.8) is 0 Å². The van der Waals surface area contributed by atoms with Crippen molar-refractivity contribution >= 4 is 40.6 Å². The zero-order valence-electron chi connectivity index (χ0n) is 19.1. The molecule has 1 aliphatic carbocycles. The molecule has 0 unspecified atom stereocenters. The molecule has 3 aromatic rings. The minimum atomic E-state index is -1.97. The van der Waals surface area contributed by atoms with E-state index in [0.29, 0.717) is 22.9 Å². The molecule has 10 heteroatoms. The minimum Gasteiger partial charge on any atom is -0.324 e. The van der Waals surface area contributed by atoms with E-state index < -0.39 is 51.1 Å². The second kappa shape index (κ2) is 7.33. The summed E-state index contributed by atoms with van der Waals surface area (Å²) in [5.41, 5.74) is -2.67. The Morgan fingerprint density at radius 3 is 2.41 bits per heavy atom. The third kappa shape index (κ3) is 2.45. The molecule has 3 heterocycles. The van der Waals surface area contributed by atoms with Gasteiger partial charge in [-0.25, -0.2) is 4.39 Å². The number of non-ortho nitro benzene ring substituents is 1. The molecule has 2 spiro atoms. The number of amides is 1. The number of Topliss-reactive ketones (excluding diaryl/α,β-unsaturated/α-hetero) is 2. The largest absolute Gasteiger partial charge is 0.324 e. The summed E-state index contributed by atoms with van der Waals surface area (Å²) in [4.78, 5) is 56.5. The number of hydrogen-bond acceptors (Lipinski definition) is 7. The van der Waals surface area contributed by atoms with E-state index >= 15 is 0 Å². The molecule has 4 aliphatic rings. The van der Waals surface area contributed by atoms with E-state index in [9.17, 15) is 28.9 Å². The summed E-state index contributed by atoms with van der Waals surface area (Å²) in [5, 5.41) is 14.6. The number of benzene rings is 3. The number of ketones is 2. The minimum absolute atomic E-state index is 0.203. The number of anilines is 1. The van der Waals surface area contributed by atoms with Gasteiger partial charge in [0.2, 0.25) is 0 Å². The fourth-order valence-electron chi connectivity index (χ4n) is 7.08. The third-order valence-corrected chi connectivity index (χ3v) is 9.33. The van der Waals surface area contributed by atoms with Gasteiger partial charge in [0.25, 0.3) is 11.6 Å². The lowest BCUT2D eigenvalue weighted by Crippen LogP contribution is -2.60. The van der Waals surface area contributed by atoms with Gasteiger partial charge in [0.05, 0.1) is 4.92 Å². The smallest absolute Gasteiger partial charge is 0.269 e. The average molecular weight is 516 g/mol. The number of carbonyl (C=O) groups is 3. The molecule has 37 heavy (non-hydrogen) atoms. The molecule has 8 nitrogen and oxygen atoms in total. The van der Waals surface area contributed by atoms with Crippen molar-refractivity contribution in [1.29, 1.82) is 0 Å². The summed E-state index contributed by atoms with van der Waals surface area (Å²) >= 11 is 1.54. The Kier molecular flexibility index (Phi) is 4.42. The van der Waals surface area contributed by atoms with E-state index in [2.05, 4.69) is 5.32 Å². The van der Waals surface area contributed by atoms with Gasteiger partial charge in [-0.3, -0.25) is 29.4 Å². The SMILES string of the molecule is O=C1c2ccccc2C(=O)C12[C@@H](c1cccc(F)c1)[C@@H]1CSCN1[C@@]21C(=O)Nc2ccc([N+](=O)[O-])cc21. The normalized spacial score (nSPS) is 27.0. The van der Waals surface area contributed by atoms with Crippen molar-refractivity contribution in [2.24, 2.45) is 5.41 Å². The molecule has 184 valence electrons. The van der Waals surface area contributed by atoms with Crippen LogP contribution in [0.1, 0.15) is 37.8 Å². The van der Waals surface area contributed by atoms with E-state index in [4.69, 9.17) is 0 Å². The number of fused-ring (bicyclic) bond motifs is 6. The molecule has 2 saturated heterocycles. The highest BCUT2D eigenvalue weighted by Gasteiger charge is 2.82. The predicted molar refractivity (Wildman–Crippen MR) is 133 cm³/mol. The molecule has 0 saturated carbocycles. The molecule has 3 aliphatic heterocycles. The number of hydrogen-bond donors (Lipinski definition) is 1. The van der Waals surface area contributed by atoms with Crippen LogP contribution in [0.5, 0.6) is 0 Å². The molecule has 1 amide bonds. The fraction of sp³-hybridized carbons (Fsp3) is 0.222. The van der Waals surface area contributed by atoms with E-state index in [1.807, 2.05) is 4.90 Å². The average Bonchev–Trinajstić information content (AvgIpc) is 3.59. The van der Waals surface area contributed by atoms with Gasteiger partial charge in [0, 0.05) is 58.1 Å². The second-order valence-corrected chi connectivity index (χ2v) is 10.7. The molecule has 3 atom stereocenters. The van der Waals surface area contributed by atoms with Gasteiger partial charge < -0.3 is 5.32 Å². The van der Waals surface area contributed by atoms with Gasteiger partial charge in [-0.15, -0.1) is 11.8 Å². The number of carbonyl (C=O) groups excluding carboxylic acids is 3. The number of thioether (sulfide) groups is 1. The van der Waals surface area contributed by atoms with Crippen LogP contribution < -0.4 is 5.32 Å². The van der Waals surface area contributed by atoms with Crippen molar-refractivity contribution in [3.8, 4) is 0 Å². The van der Waals surface area contributed by atoms with Gasteiger partial charge in [-0.05, 0) is 23.8 Å². The Labute approximate surface area is 214 Å². The van der Waals surface area contributed by atoms with Crippen LogP contribution in [0.3, 0.4) is 0 Å². The number of halogens is 1. The number of nitro benzene ring substituents is 1. The molecule has 0 aromatic heterocycles. The Morgan fingerprint density at radius 2 is 1.73 bits per heavy atom. The van der Waals surface area contributed by atoms with E-state index in [1.165, 1.54) is 36.4 Å². The molecule has 0 radical (unpaired) electrons. The third-order valence-electron chi connectivity index (χ3n) is 8.29. The van der Waals surface area contributed by atoms with Crippen LogP contribution in [0.2, 0.25) is 0 Å². The van der Waals surface area contributed by atoms with Crippen LogP contribution in [0.4, 0.5) is 15.8 Å². The van der Waals surface area contributed by atoms with Crippen LogP contribution >= 0.6 is 11.8 Å². The Balaban J connectivity index is 1.63. The molecule has 1 N–H and O–H groups in total. The van der Waals surface area contributed by atoms with Crippen LogP contribution in [0.25, 0.3) is 0 Å². The van der Waals surface area contributed by atoms with Gasteiger partial charge in [0.15, 0.2) is 17.1 Å². The summed E-state index contributed by atoms with van der Waals surface area (Å²) in [6, 6.07) is 15.8. The molecule has 7 rings (SSSR count). The molecule has 2 fully saturated rings. The maximum Gasteiger partial charge on any atom is 0.269 e. The highest BCUT2D eigenvalue weighted by atomic mass is 32.2. The second-order valence-electron chi connectivity index (χ2n) is 9.73. The van der Waals surface area contributed by atoms with E-state index in [-0.39, 0.29) is 22.4 Å². The van der Waals surface area contributed by atoms with Crippen LogP contribution in [-0.4, -0.2) is 45.0 Å². The van der Waals surface area contributed by atoms with Crippen molar-refractivity contribution < 1.29 is 23.7 Å². The predicted octanol–water partition coefficient (Wildman–Crippen LogP) is 4.12. The summed E-state index contributed by atoms with van der Waals surface area (Å²) in [6.45, 7) is 0. The monoisotopic (exact) mass is 515 g/mol. The molecular weight excluding hydrogens is 497 g/mol. The topological polar surface area (TPSA) is 110 Å². The number of rotatable bonds is 2. The van der Waals surface area contributed by atoms with Gasteiger partial charge in [-0.2, -0.15) is 0 Å². The first kappa shape index (κ1) is 22.3.